The molecule has 1 aliphatic rings. The number of hydrogen-bond acceptors (Lipinski definition) is 3. The van der Waals surface area contributed by atoms with Crippen LogP contribution in [0.3, 0.4) is 0 Å². The van der Waals surface area contributed by atoms with E-state index < -0.39 is 0 Å². The van der Waals surface area contributed by atoms with Crippen LogP contribution in [0.25, 0.3) is 0 Å². The molecule has 0 spiro atoms. The first kappa shape index (κ1) is 17.0. The molecule has 22 heavy (non-hydrogen) atoms. The molecular formula is C17H30N4O. The molecule has 1 saturated heterocycles. The lowest BCUT2D eigenvalue weighted by molar-refractivity contribution is -0.131. The Kier molecular flexibility index (Phi) is 5.62. The van der Waals surface area contributed by atoms with Crippen LogP contribution in [0.15, 0.2) is 0 Å². The van der Waals surface area contributed by atoms with Gasteiger partial charge in [-0.25, -0.2) is 0 Å². The lowest BCUT2D eigenvalue weighted by Crippen LogP contribution is -2.40. The van der Waals surface area contributed by atoms with Crippen LogP contribution in [0, 0.1) is 25.7 Å². The second-order valence-corrected chi connectivity index (χ2v) is 6.96. The first-order valence-electron chi connectivity index (χ1n) is 8.43. The van der Waals surface area contributed by atoms with Crippen LogP contribution < -0.4 is 5.73 Å². The summed E-state index contributed by atoms with van der Waals surface area (Å²) in [4.78, 5) is 14.5. The molecule has 124 valence electrons. The maximum Gasteiger partial charge on any atom is 0.227 e. The van der Waals surface area contributed by atoms with Crippen molar-refractivity contribution in [1.82, 2.24) is 14.7 Å². The SMILES string of the molecule is Cc1nn(CC(C)C)c(C)c1CC(=O)N1CCC(CN)CC1. The van der Waals surface area contributed by atoms with Crippen molar-refractivity contribution in [3.63, 3.8) is 0 Å². The molecule has 0 atom stereocenters. The quantitative estimate of drug-likeness (QED) is 0.903. The Hall–Kier alpha value is -1.36. The van der Waals surface area contributed by atoms with E-state index in [0.29, 0.717) is 18.3 Å². The highest BCUT2D eigenvalue weighted by atomic mass is 16.2. The molecule has 0 unspecified atom stereocenters. The third kappa shape index (κ3) is 3.88. The fourth-order valence-electron chi connectivity index (χ4n) is 3.19. The van der Waals surface area contributed by atoms with Crippen LogP contribution >= 0.6 is 0 Å². The van der Waals surface area contributed by atoms with Gasteiger partial charge in [0, 0.05) is 30.9 Å². The van der Waals surface area contributed by atoms with E-state index in [0.717, 1.165) is 56.0 Å². The Morgan fingerprint density at radius 2 is 1.95 bits per heavy atom. The van der Waals surface area contributed by atoms with E-state index in [2.05, 4.69) is 25.9 Å². The van der Waals surface area contributed by atoms with Crippen molar-refractivity contribution < 1.29 is 4.79 Å². The summed E-state index contributed by atoms with van der Waals surface area (Å²) in [6, 6.07) is 0. The molecule has 0 aromatic carbocycles. The normalized spacial score (nSPS) is 16.5. The molecule has 5 nitrogen and oxygen atoms in total. The Morgan fingerprint density at radius 3 is 2.50 bits per heavy atom. The number of rotatable bonds is 5. The van der Waals surface area contributed by atoms with Gasteiger partial charge >= 0.3 is 0 Å². The Balaban J connectivity index is 2.01. The smallest absolute Gasteiger partial charge is 0.227 e. The van der Waals surface area contributed by atoms with E-state index in [4.69, 9.17) is 5.73 Å². The van der Waals surface area contributed by atoms with Gasteiger partial charge in [-0.15, -0.1) is 0 Å². The summed E-state index contributed by atoms with van der Waals surface area (Å²) in [6.45, 7) is 11.8. The summed E-state index contributed by atoms with van der Waals surface area (Å²) < 4.78 is 2.04. The zero-order valence-electron chi connectivity index (χ0n) is 14.4. The van der Waals surface area contributed by atoms with E-state index in [1.807, 2.05) is 16.5 Å². The van der Waals surface area contributed by atoms with Crippen LogP contribution in [0.4, 0.5) is 0 Å². The maximum absolute atomic E-state index is 12.6. The van der Waals surface area contributed by atoms with E-state index >= 15 is 0 Å². The van der Waals surface area contributed by atoms with Crippen molar-refractivity contribution in [3.05, 3.63) is 17.0 Å². The zero-order chi connectivity index (χ0) is 16.3. The summed E-state index contributed by atoms with van der Waals surface area (Å²) in [5, 5.41) is 4.60. The average Bonchev–Trinajstić information content (AvgIpc) is 2.74. The molecule has 2 N–H and O–H groups in total. The molecule has 1 aliphatic heterocycles. The molecule has 2 rings (SSSR count). The number of piperidine rings is 1. The van der Waals surface area contributed by atoms with Crippen LogP contribution in [-0.2, 0) is 17.8 Å². The van der Waals surface area contributed by atoms with Crippen LogP contribution in [0.1, 0.15) is 43.6 Å². The minimum absolute atomic E-state index is 0.228. The number of carbonyl (C=O) groups is 1. The third-order valence-electron chi connectivity index (χ3n) is 4.70. The summed E-state index contributed by atoms with van der Waals surface area (Å²) in [6.07, 6.45) is 2.54. The molecule has 5 heteroatoms. The number of nitrogens with two attached hydrogens (primary N) is 1. The van der Waals surface area contributed by atoms with Crippen molar-refractivity contribution in [2.45, 2.75) is 53.5 Å². The van der Waals surface area contributed by atoms with Crippen molar-refractivity contribution in [1.29, 1.82) is 0 Å². The molecule has 1 aromatic rings. The standard InChI is InChI=1S/C17H30N4O/c1-12(2)11-21-14(4)16(13(3)19-21)9-17(22)20-7-5-15(10-18)6-8-20/h12,15H,5-11,18H2,1-4H3. The molecule has 1 aromatic heterocycles. The molecule has 0 bridgehead atoms. The topological polar surface area (TPSA) is 64.2 Å². The number of hydrogen-bond donors (Lipinski definition) is 1. The van der Waals surface area contributed by atoms with Gasteiger partial charge in [0.25, 0.3) is 0 Å². The van der Waals surface area contributed by atoms with Crippen molar-refractivity contribution in [2.75, 3.05) is 19.6 Å². The van der Waals surface area contributed by atoms with Gasteiger partial charge in [-0.3, -0.25) is 9.48 Å². The largest absolute Gasteiger partial charge is 0.342 e. The van der Waals surface area contributed by atoms with Crippen LogP contribution in [-0.4, -0.2) is 40.2 Å². The van der Waals surface area contributed by atoms with Gasteiger partial charge in [0.2, 0.25) is 5.91 Å². The molecule has 1 amide bonds. The lowest BCUT2D eigenvalue weighted by atomic mass is 9.96. The maximum atomic E-state index is 12.6. The molecule has 0 radical (unpaired) electrons. The minimum Gasteiger partial charge on any atom is -0.342 e. The van der Waals surface area contributed by atoms with Crippen molar-refractivity contribution >= 4 is 5.91 Å². The van der Waals surface area contributed by atoms with Gasteiger partial charge in [0.1, 0.15) is 0 Å². The molecule has 2 heterocycles. The van der Waals surface area contributed by atoms with E-state index in [-0.39, 0.29) is 5.91 Å². The van der Waals surface area contributed by atoms with Gasteiger partial charge < -0.3 is 10.6 Å². The Labute approximate surface area is 133 Å². The number of aryl methyl sites for hydroxylation is 1. The summed E-state index contributed by atoms with van der Waals surface area (Å²) in [5.74, 6) is 1.36. The summed E-state index contributed by atoms with van der Waals surface area (Å²) >= 11 is 0. The van der Waals surface area contributed by atoms with Crippen molar-refractivity contribution in [3.8, 4) is 0 Å². The first-order chi connectivity index (χ1) is 10.4. The predicted molar refractivity (Wildman–Crippen MR) is 88.6 cm³/mol. The Morgan fingerprint density at radius 1 is 1.32 bits per heavy atom. The van der Waals surface area contributed by atoms with E-state index in [9.17, 15) is 4.79 Å². The number of amides is 1. The molecular weight excluding hydrogens is 276 g/mol. The highest BCUT2D eigenvalue weighted by Gasteiger charge is 2.24. The van der Waals surface area contributed by atoms with E-state index in [1.165, 1.54) is 0 Å². The van der Waals surface area contributed by atoms with Crippen LogP contribution in [0.2, 0.25) is 0 Å². The van der Waals surface area contributed by atoms with Gasteiger partial charge in [0.05, 0.1) is 12.1 Å². The fraction of sp³-hybridized carbons (Fsp3) is 0.765. The number of nitrogens with zero attached hydrogens (tertiary/aromatic N) is 3. The highest BCUT2D eigenvalue weighted by Crippen LogP contribution is 2.19. The monoisotopic (exact) mass is 306 g/mol. The number of aromatic nitrogens is 2. The predicted octanol–water partition coefficient (Wildman–Crippen LogP) is 1.90. The molecule has 0 saturated carbocycles. The molecule has 1 fully saturated rings. The van der Waals surface area contributed by atoms with Gasteiger partial charge in [-0.05, 0) is 45.1 Å². The zero-order valence-corrected chi connectivity index (χ0v) is 14.4. The van der Waals surface area contributed by atoms with Gasteiger partial charge in [0.15, 0.2) is 0 Å². The van der Waals surface area contributed by atoms with E-state index in [1.54, 1.807) is 0 Å². The molecule has 0 aliphatic carbocycles. The second-order valence-electron chi connectivity index (χ2n) is 6.96. The third-order valence-corrected chi connectivity index (χ3v) is 4.70. The van der Waals surface area contributed by atoms with Gasteiger partial charge in [-0.2, -0.15) is 5.10 Å². The minimum atomic E-state index is 0.228. The number of carbonyl (C=O) groups excluding carboxylic acids is 1. The second kappa shape index (κ2) is 7.27. The van der Waals surface area contributed by atoms with Crippen molar-refractivity contribution in [2.24, 2.45) is 17.6 Å². The fourth-order valence-corrected chi connectivity index (χ4v) is 3.19. The number of likely N-dealkylation sites (tertiary alicyclic amines) is 1. The van der Waals surface area contributed by atoms with Gasteiger partial charge in [-0.1, -0.05) is 13.8 Å². The lowest BCUT2D eigenvalue weighted by Gasteiger charge is -2.31. The highest BCUT2D eigenvalue weighted by molar-refractivity contribution is 5.79. The van der Waals surface area contributed by atoms with Crippen LogP contribution in [0.5, 0.6) is 0 Å². The average molecular weight is 306 g/mol. The first-order valence-corrected chi connectivity index (χ1v) is 8.43. The summed E-state index contributed by atoms with van der Waals surface area (Å²) in [7, 11) is 0. The summed E-state index contributed by atoms with van der Waals surface area (Å²) in [5.41, 5.74) is 8.94. The Bertz CT molecular complexity index is 513.